The smallest absolute Gasteiger partial charge is 0.326 e. The highest BCUT2D eigenvalue weighted by molar-refractivity contribution is 5.94. The Morgan fingerprint density at radius 1 is 1.71 bits per heavy atom. The van der Waals surface area contributed by atoms with E-state index in [2.05, 4.69) is 15.3 Å². The Bertz CT molecular complexity index is 321. The van der Waals surface area contributed by atoms with Crippen molar-refractivity contribution in [2.75, 3.05) is 0 Å². The Labute approximate surface area is 80.4 Å². The van der Waals surface area contributed by atoms with Crippen LogP contribution in [0.2, 0.25) is 0 Å². The Hall–Kier alpha value is -1.85. The van der Waals surface area contributed by atoms with E-state index >= 15 is 0 Å². The Morgan fingerprint density at radius 3 is 2.86 bits per heavy atom. The molecule has 6 nitrogen and oxygen atoms in total. The summed E-state index contributed by atoms with van der Waals surface area (Å²) in [5, 5.41) is 11.0. The summed E-state index contributed by atoms with van der Waals surface area (Å²) in [7, 11) is 0. The molecule has 0 aromatic carbocycles. The van der Waals surface area contributed by atoms with Crippen molar-refractivity contribution in [3.8, 4) is 0 Å². The SMILES string of the molecule is CC[C@H](NC(=O)c1cnc[nH]1)C(=O)O. The first-order valence-electron chi connectivity index (χ1n) is 4.17. The van der Waals surface area contributed by atoms with E-state index in [-0.39, 0.29) is 5.69 Å². The fraction of sp³-hybridized carbons (Fsp3) is 0.375. The molecular weight excluding hydrogens is 186 g/mol. The minimum absolute atomic E-state index is 0.254. The third-order valence-corrected chi connectivity index (χ3v) is 1.75. The van der Waals surface area contributed by atoms with Gasteiger partial charge in [-0.3, -0.25) is 4.79 Å². The fourth-order valence-electron chi connectivity index (χ4n) is 0.954. The van der Waals surface area contributed by atoms with Gasteiger partial charge >= 0.3 is 5.97 Å². The van der Waals surface area contributed by atoms with Gasteiger partial charge in [0.25, 0.3) is 5.91 Å². The first kappa shape index (κ1) is 10.2. The largest absolute Gasteiger partial charge is 0.480 e. The van der Waals surface area contributed by atoms with E-state index in [4.69, 9.17) is 5.11 Å². The second-order valence-electron chi connectivity index (χ2n) is 2.74. The lowest BCUT2D eigenvalue weighted by Gasteiger charge is -2.10. The van der Waals surface area contributed by atoms with Gasteiger partial charge in [0.2, 0.25) is 0 Å². The number of imidazole rings is 1. The third kappa shape index (κ3) is 2.32. The maximum Gasteiger partial charge on any atom is 0.326 e. The number of hydrogen-bond acceptors (Lipinski definition) is 3. The number of carbonyl (C=O) groups excluding carboxylic acids is 1. The monoisotopic (exact) mass is 197 g/mol. The van der Waals surface area contributed by atoms with Gasteiger partial charge in [-0.1, -0.05) is 6.92 Å². The van der Waals surface area contributed by atoms with E-state index in [0.29, 0.717) is 6.42 Å². The molecule has 3 N–H and O–H groups in total. The van der Waals surface area contributed by atoms with Crippen LogP contribution < -0.4 is 5.32 Å². The number of aliphatic carboxylic acids is 1. The lowest BCUT2D eigenvalue weighted by Crippen LogP contribution is -2.40. The Morgan fingerprint density at radius 2 is 2.43 bits per heavy atom. The van der Waals surface area contributed by atoms with Crippen LogP contribution in [0, 0.1) is 0 Å². The van der Waals surface area contributed by atoms with E-state index in [0.717, 1.165) is 0 Å². The first-order chi connectivity index (χ1) is 6.65. The van der Waals surface area contributed by atoms with Crippen LogP contribution in [0.15, 0.2) is 12.5 Å². The number of hydrogen-bond donors (Lipinski definition) is 3. The summed E-state index contributed by atoms with van der Waals surface area (Å²) >= 11 is 0. The van der Waals surface area contributed by atoms with Gasteiger partial charge in [-0.15, -0.1) is 0 Å². The predicted octanol–water partition coefficient (Wildman–Crippen LogP) is 0.00270. The molecular formula is C8H11N3O3. The standard InChI is InChI=1S/C8H11N3O3/c1-2-5(8(13)14)11-7(12)6-3-9-4-10-6/h3-5H,2H2,1H3,(H,9,10)(H,11,12)(H,13,14)/t5-/m0/s1. The molecule has 0 aliphatic rings. The normalized spacial score (nSPS) is 12.1. The summed E-state index contributed by atoms with van der Waals surface area (Å²) in [6.45, 7) is 1.69. The molecule has 6 heteroatoms. The number of amides is 1. The summed E-state index contributed by atoms with van der Waals surface area (Å²) in [5.74, 6) is -1.50. The summed E-state index contributed by atoms with van der Waals surface area (Å²) in [5.41, 5.74) is 0.254. The highest BCUT2D eigenvalue weighted by Crippen LogP contribution is 1.95. The summed E-state index contributed by atoms with van der Waals surface area (Å²) in [4.78, 5) is 28.2. The van der Waals surface area contributed by atoms with Crippen LogP contribution in [0.3, 0.4) is 0 Å². The highest BCUT2D eigenvalue weighted by atomic mass is 16.4. The maximum absolute atomic E-state index is 11.3. The van der Waals surface area contributed by atoms with E-state index in [1.807, 2.05) is 0 Å². The van der Waals surface area contributed by atoms with Gasteiger partial charge in [-0.2, -0.15) is 0 Å². The van der Waals surface area contributed by atoms with Crippen molar-refractivity contribution >= 4 is 11.9 Å². The summed E-state index contributed by atoms with van der Waals surface area (Å²) < 4.78 is 0. The van der Waals surface area contributed by atoms with Crippen molar-refractivity contribution in [3.63, 3.8) is 0 Å². The van der Waals surface area contributed by atoms with E-state index in [1.165, 1.54) is 12.5 Å². The van der Waals surface area contributed by atoms with Gasteiger partial charge in [0.1, 0.15) is 11.7 Å². The van der Waals surface area contributed by atoms with E-state index < -0.39 is 17.9 Å². The number of nitrogens with one attached hydrogen (secondary N) is 2. The van der Waals surface area contributed by atoms with Gasteiger partial charge in [0.15, 0.2) is 0 Å². The molecule has 0 spiro atoms. The number of aromatic nitrogens is 2. The van der Waals surface area contributed by atoms with Crippen molar-refractivity contribution < 1.29 is 14.7 Å². The Kier molecular flexibility index (Phi) is 3.22. The quantitative estimate of drug-likeness (QED) is 0.633. The molecule has 0 unspecified atom stereocenters. The molecule has 0 bridgehead atoms. The molecule has 0 aliphatic heterocycles. The second-order valence-corrected chi connectivity index (χ2v) is 2.74. The second kappa shape index (κ2) is 4.40. The van der Waals surface area contributed by atoms with Crippen molar-refractivity contribution in [2.24, 2.45) is 0 Å². The molecule has 0 saturated heterocycles. The number of carboxylic acids is 1. The summed E-state index contributed by atoms with van der Waals surface area (Å²) in [6.07, 6.45) is 3.04. The molecule has 14 heavy (non-hydrogen) atoms. The van der Waals surface area contributed by atoms with Crippen LogP contribution in [0.1, 0.15) is 23.8 Å². The van der Waals surface area contributed by atoms with Gasteiger partial charge in [-0.25, -0.2) is 9.78 Å². The zero-order valence-corrected chi connectivity index (χ0v) is 7.65. The lowest BCUT2D eigenvalue weighted by atomic mass is 10.2. The molecule has 1 rings (SSSR count). The molecule has 0 radical (unpaired) electrons. The third-order valence-electron chi connectivity index (χ3n) is 1.75. The molecule has 0 saturated carbocycles. The maximum atomic E-state index is 11.3. The van der Waals surface area contributed by atoms with Crippen molar-refractivity contribution in [2.45, 2.75) is 19.4 Å². The zero-order valence-electron chi connectivity index (χ0n) is 7.65. The van der Waals surface area contributed by atoms with Crippen molar-refractivity contribution in [3.05, 3.63) is 18.2 Å². The average Bonchev–Trinajstić information content (AvgIpc) is 2.65. The summed E-state index contributed by atoms with van der Waals surface area (Å²) in [6, 6.07) is -0.856. The van der Waals surface area contributed by atoms with Crippen LogP contribution in [0.25, 0.3) is 0 Å². The molecule has 1 aromatic rings. The number of aromatic amines is 1. The minimum Gasteiger partial charge on any atom is -0.480 e. The molecule has 1 aromatic heterocycles. The van der Waals surface area contributed by atoms with Crippen LogP contribution in [-0.2, 0) is 4.79 Å². The number of carbonyl (C=O) groups is 2. The van der Waals surface area contributed by atoms with Crippen molar-refractivity contribution in [1.82, 2.24) is 15.3 Å². The number of rotatable bonds is 4. The van der Waals surface area contributed by atoms with Crippen LogP contribution in [0.5, 0.6) is 0 Å². The fourth-order valence-corrected chi connectivity index (χ4v) is 0.954. The molecule has 76 valence electrons. The Balaban J connectivity index is 2.60. The molecule has 0 fully saturated rings. The molecule has 1 atom stereocenters. The molecule has 1 amide bonds. The number of carboxylic acid groups (broad SMARTS) is 1. The highest BCUT2D eigenvalue weighted by Gasteiger charge is 2.18. The average molecular weight is 197 g/mol. The predicted molar refractivity (Wildman–Crippen MR) is 47.8 cm³/mol. The molecule has 1 heterocycles. The minimum atomic E-state index is -1.04. The van der Waals surface area contributed by atoms with Crippen LogP contribution in [0.4, 0.5) is 0 Å². The van der Waals surface area contributed by atoms with Gasteiger partial charge in [-0.05, 0) is 6.42 Å². The van der Waals surface area contributed by atoms with Crippen molar-refractivity contribution in [1.29, 1.82) is 0 Å². The number of nitrogens with zero attached hydrogens (tertiary/aromatic N) is 1. The lowest BCUT2D eigenvalue weighted by molar-refractivity contribution is -0.139. The first-order valence-corrected chi connectivity index (χ1v) is 4.17. The van der Waals surface area contributed by atoms with Crippen LogP contribution in [-0.4, -0.2) is 33.0 Å². The molecule has 0 aliphatic carbocycles. The van der Waals surface area contributed by atoms with E-state index in [1.54, 1.807) is 6.92 Å². The topological polar surface area (TPSA) is 95.1 Å². The van der Waals surface area contributed by atoms with Gasteiger partial charge < -0.3 is 15.4 Å². The van der Waals surface area contributed by atoms with Gasteiger partial charge in [0, 0.05) is 0 Å². The van der Waals surface area contributed by atoms with Gasteiger partial charge in [0.05, 0.1) is 12.5 Å². The zero-order chi connectivity index (χ0) is 10.6. The van der Waals surface area contributed by atoms with Crippen LogP contribution >= 0.6 is 0 Å². The van der Waals surface area contributed by atoms with E-state index in [9.17, 15) is 9.59 Å². The number of H-pyrrole nitrogens is 1.